The van der Waals surface area contributed by atoms with Crippen LogP contribution in [0.3, 0.4) is 0 Å². The fourth-order valence-corrected chi connectivity index (χ4v) is 2.96. The van der Waals surface area contributed by atoms with Gasteiger partial charge >= 0.3 is 6.18 Å². The van der Waals surface area contributed by atoms with E-state index in [9.17, 15) is 17.4 Å². The number of benzene rings is 1. The maximum atomic E-state index is 12.8. The lowest BCUT2D eigenvalue weighted by Gasteiger charge is -2.28. The predicted octanol–water partition coefficient (Wildman–Crippen LogP) is 3.99. The minimum Gasteiger partial charge on any atom is -0.251 e. The molecule has 0 aromatic heterocycles. The van der Waals surface area contributed by atoms with Crippen molar-refractivity contribution in [2.24, 2.45) is 11.1 Å². The molecule has 118 valence electrons. The van der Waals surface area contributed by atoms with Gasteiger partial charge in [-0.25, -0.2) is 4.21 Å². The van der Waals surface area contributed by atoms with Crippen molar-refractivity contribution in [3.8, 4) is 0 Å². The van der Waals surface area contributed by atoms with Crippen LogP contribution in [0.15, 0.2) is 24.3 Å². The summed E-state index contributed by atoms with van der Waals surface area (Å²) in [5, 5.41) is 5.51. The lowest BCUT2D eigenvalue weighted by molar-refractivity contribution is -0.137. The van der Waals surface area contributed by atoms with Gasteiger partial charge in [-0.2, -0.15) is 13.2 Å². The average Bonchev–Trinajstić information content (AvgIpc) is 3.19. The van der Waals surface area contributed by atoms with E-state index in [1.165, 1.54) is 12.1 Å². The number of rotatable bonds is 5. The monoisotopic (exact) mass is 319 g/mol. The lowest BCUT2D eigenvalue weighted by atomic mass is 9.85. The van der Waals surface area contributed by atoms with Gasteiger partial charge in [-0.3, -0.25) is 5.14 Å². The molecule has 1 aromatic carbocycles. The fraction of sp³-hybridized carbons (Fsp3) is 0.600. The Morgan fingerprint density at radius 2 is 1.95 bits per heavy atom. The number of halogens is 3. The smallest absolute Gasteiger partial charge is 0.251 e. The number of nitrogens with two attached hydrogens (primary N) is 1. The summed E-state index contributed by atoms with van der Waals surface area (Å²) >= 11 is 0. The van der Waals surface area contributed by atoms with Crippen molar-refractivity contribution in [2.45, 2.75) is 50.0 Å². The normalized spacial score (nSPS) is 19.3. The van der Waals surface area contributed by atoms with Gasteiger partial charge in [-0.1, -0.05) is 18.2 Å². The number of hydrogen-bond donors (Lipinski definition) is 1. The molecule has 1 aliphatic rings. The zero-order valence-electron chi connectivity index (χ0n) is 12.1. The summed E-state index contributed by atoms with van der Waals surface area (Å²) in [6, 6.07) is 5.48. The van der Waals surface area contributed by atoms with Gasteiger partial charge < -0.3 is 0 Å². The second kappa shape index (κ2) is 5.72. The fourth-order valence-electron chi connectivity index (χ4n) is 2.61. The third-order valence-electron chi connectivity index (χ3n) is 4.09. The van der Waals surface area contributed by atoms with Crippen molar-refractivity contribution in [2.75, 3.05) is 0 Å². The Bertz CT molecular complexity index is 538. The van der Waals surface area contributed by atoms with Crippen LogP contribution in [-0.4, -0.2) is 8.96 Å². The molecule has 0 aliphatic heterocycles. The van der Waals surface area contributed by atoms with Crippen LogP contribution in [0.2, 0.25) is 0 Å². The minimum atomic E-state index is -4.34. The Hall–Kier alpha value is -0.880. The molecule has 6 heteroatoms. The standard InChI is InChI=1S/C15H20F3NOS/c1-14(2,21(19)20)9-13(10-6-7-10)11-4-3-5-12(8-11)15(16,17)18/h3-5,8,10,13H,6-7,9,19H2,1-2H3. The van der Waals surface area contributed by atoms with E-state index >= 15 is 0 Å². The third-order valence-corrected chi connectivity index (χ3v) is 5.35. The van der Waals surface area contributed by atoms with Crippen LogP contribution in [0, 0.1) is 5.92 Å². The first-order chi connectivity index (χ1) is 9.61. The molecule has 2 atom stereocenters. The van der Waals surface area contributed by atoms with Crippen molar-refractivity contribution in [1.29, 1.82) is 0 Å². The topological polar surface area (TPSA) is 43.1 Å². The van der Waals surface area contributed by atoms with Gasteiger partial charge in [0.05, 0.1) is 21.3 Å². The number of alkyl halides is 3. The summed E-state index contributed by atoms with van der Waals surface area (Å²) in [4.78, 5) is 0. The molecular formula is C15H20F3NOS. The molecule has 2 unspecified atom stereocenters. The highest BCUT2D eigenvalue weighted by molar-refractivity contribution is 7.84. The van der Waals surface area contributed by atoms with E-state index in [-0.39, 0.29) is 5.92 Å². The molecule has 1 fully saturated rings. The summed E-state index contributed by atoms with van der Waals surface area (Å²) in [6.07, 6.45) is -1.79. The summed E-state index contributed by atoms with van der Waals surface area (Å²) in [7, 11) is -1.50. The van der Waals surface area contributed by atoms with Crippen LogP contribution in [0.4, 0.5) is 13.2 Å². The van der Waals surface area contributed by atoms with Crippen LogP contribution in [0.5, 0.6) is 0 Å². The Labute approximate surface area is 125 Å². The van der Waals surface area contributed by atoms with E-state index < -0.39 is 27.5 Å². The largest absolute Gasteiger partial charge is 0.416 e. The summed E-state index contributed by atoms with van der Waals surface area (Å²) in [5.74, 6) is 0.353. The maximum absolute atomic E-state index is 12.8. The molecule has 0 amide bonds. The molecule has 1 saturated carbocycles. The summed E-state index contributed by atoms with van der Waals surface area (Å²) in [6.45, 7) is 3.60. The first-order valence-electron chi connectivity index (χ1n) is 6.95. The van der Waals surface area contributed by atoms with Gasteiger partial charge in [0.15, 0.2) is 0 Å². The molecule has 1 aliphatic carbocycles. The Kier molecular flexibility index (Phi) is 4.49. The molecule has 0 bridgehead atoms. The first-order valence-corrected chi connectivity index (χ1v) is 8.16. The van der Waals surface area contributed by atoms with E-state index in [1.54, 1.807) is 19.9 Å². The molecule has 2 N–H and O–H groups in total. The molecule has 2 nitrogen and oxygen atoms in total. The van der Waals surface area contributed by atoms with Crippen LogP contribution in [0.1, 0.15) is 50.2 Å². The van der Waals surface area contributed by atoms with Gasteiger partial charge in [0.1, 0.15) is 0 Å². The zero-order valence-corrected chi connectivity index (χ0v) is 12.9. The van der Waals surface area contributed by atoms with E-state index in [2.05, 4.69) is 0 Å². The first kappa shape index (κ1) is 16.5. The lowest BCUT2D eigenvalue weighted by Crippen LogP contribution is -2.34. The van der Waals surface area contributed by atoms with Crippen molar-refractivity contribution < 1.29 is 17.4 Å². The molecule has 0 saturated heterocycles. The number of hydrogen-bond acceptors (Lipinski definition) is 1. The third kappa shape index (κ3) is 4.07. The van der Waals surface area contributed by atoms with Crippen molar-refractivity contribution >= 4 is 11.0 Å². The van der Waals surface area contributed by atoms with Crippen LogP contribution >= 0.6 is 0 Å². The van der Waals surface area contributed by atoms with E-state index in [0.29, 0.717) is 17.9 Å². The summed E-state index contributed by atoms with van der Waals surface area (Å²) < 4.78 is 49.5. The molecule has 2 rings (SSSR count). The molecule has 0 heterocycles. The molecular weight excluding hydrogens is 299 g/mol. The van der Waals surface area contributed by atoms with Gasteiger partial charge in [-0.05, 0) is 56.6 Å². The molecule has 0 spiro atoms. The average molecular weight is 319 g/mol. The Balaban J connectivity index is 2.29. The van der Waals surface area contributed by atoms with Crippen LogP contribution < -0.4 is 5.14 Å². The van der Waals surface area contributed by atoms with E-state index in [0.717, 1.165) is 18.9 Å². The zero-order chi connectivity index (χ0) is 15.8. The molecule has 21 heavy (non-hydrogen) atoms. The Morgan fingerprint density at radius 3 is 2.43 bits per heavy atom. The predicted molar refractivity (Wildman–Crippen MR) is 77.9 cm³/mol. The maximum Gasteiger partial charge on any atom is 0.416 e. The van der Waals surface area contributed by atoms with E-state index in [1.807, 2.05) is 0 Å². The van der Waals surface area contributed by atoms with Crippen LogP contribution in [-0.2, 0) is 17.2 Å². The van der Waals surface area contributed by atoms with Gasteiger partial charge in [0.2, 0.25) is 0 Å². The van der Waals surface area contributed by atoms with Crippen LogP contribution in [0.25, 0.3) is 0 Å². The van der Waals surface area contributed by atoms with Crippen molar-refractivity contribution in [3.05, 3.63) is 35.4 Å². The second-order valence-electron chi connectivity index (χ2n) is 6.33. The highest BCUT2D eigenvalue weighted by atomic mass is 32.2. The van der Waals surface area contributed by atoms with Gasteiger partial charge in [0, 0.05) is 0 Å². The van der Waals surface area contributed by atoms with Gasteiger partial charge in [-0.15, -0.1) is 0 Å². The minimum absolute atomic E-state index is 0.0187. The quantitative estimate of drug-likeness (QED) is 0.876. The van der Waals surface area contributed by atoms with Crippen molar-refractivity contribution in [1.82, 2.24) is 0 Å². The molecule has 1 aromatic rings. The SMILES string of the molecule is CC(C)(CC(c1cccc(C(F)(F)F)c1)C1CC1)S(N)=O. The van der Waals surface area contributed by atoms with Crippen molar-refractivity contribution in [3.63, 3.8) is 0 Å². The molecule has 0 radical (unpaired) electrons. The highest BCUT2D eigenvalue weighted by Crippen LogP contribution is 2.47. The Morgan fingerprint density at radius 1 is 1.33 bits per heavy atom. The van der Waals surface area contributed by atoms with Gasteiger partial charge in [0.25, 0.3) is 0 Å². The summed E-state index contributed by atoms with van der Waals surface area (Å²) in [5.41, 5.74) is 0.0446. The highest BCUT2D eigenvalue weighted by Gasteiger charge is 2.39. The second-order valence-corrected chi connectivity index (χ2v) is 8.03. The van der Waals surface area contributed by atoms with E-state index in [4.69, 9.17) is 5.14 Å².